The average Bonchev–Trinajstić information content (AvgIpc) is 2.07. The molecule has 0 radical (unpaired) electrons. The van der Waals surface area contributed by atoms with Gasteiger partial charge in [-0.25, -0.2) is 0 Å². The molecule has 0 aliphatic carbocycles. The molecule has 1 rings (SSSR count). The van der Waals surface area contributed by atoms with E-state index in [1.165, 1.54) is 0 Å². The number of thiocarbonyl (C=S) groups is 1. The van der Waals surface area contributed by atoms with Crippen molar-refractivity contribution in [2.24, 2.45) is 5.73 Å². The first kappa shape index (κ1) is 11.3. The highest BCUT2D eigenvalue weighted by molar-refractivity contribution is 7.80. The van der Waals surface area contributed by atoms with Gasteiger partial charge in [-0.1, -0.05) is 36.0 Å². The molecule has 0 aliphatic rings. The van der Waals surface area contributed by atoms with Crippen LogP contribution in [-0.4, -0.2) is 11.1 Å². The third-order valence-electron chi connectivity index (χ3n) is 1.65. The Morgan fingerprint density at radius 1 is 1.57 bits per heavy atom. The minimum atomic E-state index is -0.0487. The zero-order valence-corrected chi connectivity index (χ0v) is 9.44. The van der Waals surface area contributed by atoms with Crippen LogP contribution in [0, 0.1) is 0 Å². The van der Waals surface area contributed by atoms with Gasteiger partial charge in [0, 0.05) is 6.42 Å². The minimum absolute atomic E-state index is 0.0487. The molecule has 0 aromatic heterocycles. The Morgan fingerprint density at radius 2 is 2.21 bits per heavy atom. The summed E-state index contributed by atoms with van der Waals surface area (Å²) in [6.45, 7) is 1.91. The van der Waals surface area contributed by atoms with E-state index in [0.29, 0.717) is 22.2 Å². The van der Waals surface area contributed by atoms with E-state index >= 15 is 0 Å². The van der Waals surface area contributed by atoms with Gasteiger partial charge in [0.25, 0.3) is 0 Å². The van der Waals surface area contributed by atoms with E-state index < -0.39 is 0 Å². The highest BCUT2D eigenvalue weighted by atomic mass is 35.5. The van der Waals surface area contributed by atoms with E-state index in [1.807, 2.05) is 25.1 Å². The number of hydrogen-bond acceptors (Lipinski definition) is 2. The van der Waals surface area contributed by atoms with Crippen LogP contribution >= 0.6 is 23.8 Å². The summed E-state index contributed by atoms with van der Waals surface area (Å²) < 4.78 is 5.56. The molecule has 1 aromatic carbocycles. The zero-order chi connectivity index (χ0) is 10.6. The van der Waals surface area contributed by atoms with E-state index in [2.05, 4.69) is 0 Å². The molecule has 2 N–H and O–H groups in total. The van der Waals surface area contributed by atoms with E-state index in [9.17, 15) is 0 Å². The maximum Gasteiger partial charge on any atom is 0.138 e. The number of halogens is 1. The topological polar surface area (TPSA) is 35.2 Å². The molecule has 0 spiro atoms. The van der Waals surface area contributed by atoms with Crippen molar-refractivity contribution in [2.45, 2.75) is 19.4 Å². The smallest absolute Gasteiger partial charge is 0.138 e. The summed E-state index contributed by atoms with van der Waals surface area (Å²) in [7, 11) is 0. The molecule has 0 heterocycles. The van der Waals surface area contributed by atoms with Crippen LogP contribution in [0.2, 0.25) is 5.02 Å². The van der Waals surface area contributed by atoms with Crippen LogP contribution in [0.4, 0.5) is 0 Å². The number of rotatable bonds is 4. The number of ether oxygens (including phenoxy) is 1. The second-order valence-electron chi connectivity index (χ2n) is 3.03. The molecule has 0 fully saturated rings. The minimum Gasteiger partial charge on any atom is -0.489 e. The molecule has 1 aromatic rings. The molecule has 0 saturated heterocycles. The van der Waals surface area contributed by atoms with Crippen LogP contribution in [0.3, 0.4) is 0 Å². The molecule has 0 aliphatic heterocycles. The second-order valence-corrected chi connectivity index (χ2v) is 3.96. The number of benzene rings is 1. The van der Waals surface area contributed by atoms with E-state index in [0.717, 1.165) is 0 Å². The Bertz CT molecular complexity index is 330. The van der Waals surface area contributed by atoms with Crippen LogP contribution in [0.15, 0.2) is 24.3 Å². The van der Waals surface area contributed by atoms with E-state index in [1.54, 1.807) is 6.07 Å². The average molecular weight is 230 g/mol. The number of hydrogen-bond donors (Lipinski definition) is 1. The Hall–Kier alpha value is -0.800. The SMILES string of the molecule is CC(CC(N)=S)Oc1ccccc1Cl. The normalized spacial score (nSPS) is 12.1. The monoisotopic (exact) mass is 229 g/mol. The second kappa shape index (κ2) is 5.17. The molecule has 2 nitrogen and oxygen atoms in total. The summed E-state index contributed by atoms with van der Waals surface area (Å²) in [6, 6.07) is 7.32. The summed E-state index contributed by atoms with van der Waals surface area (Å²) in [5.41, 5.74) is 5.40. The summed E-state index contributed by atoms with van der Waals surface area (Å²) in [5.74, 6) is 0.665. The molecular formula is C10H12ClNOS. The highest BCUT2D eigenvalue weighted by Gasteiger charge is 2.07. The molecular weight excluding hydrogens is 218 g/mol. The van der Waals surface area contributed by atoms with Crippen LogP contribution in [0.5, 0.6) is 5.75 Å². The molecule has 1 unspecified atom stereocenters. The summed E-state index contributed by atoms with van der Waals surface area (Å²) in [5, 5.41) is 0.599. The molecule has 4 heteroatoms. The predicted molar refractivity (Wildman–Crippen MR) is 62.9 cm³/mol. The van der Waals surface area contributed by atoms with Crippen molar-refractivity contribution >= 4 is 28.8 Å². The van der Waals surface area contributed by atoms with Gasteiger partial charge in [0.05, 0.1) is 10.0 Å². The van der Waals surface area contributed by atoms with Gasteiger partial charge in [0.1, 0.15) is 11.9 Å². The summed E-state index contributed by atoms with van der Waals surface area (Å²) in [4.78, 5) is 0.449. The van der Waals surface area contributed by atoms with Gasteiger partial charge in [-0.3, -0.25) is 0 Å². The number of nitrogens with two attached hydrogens (primary N) is 1. The fourth-order valence-corrected chi connectivity index (χ4v) is 1.50. The maximum atomic E-state index is 5.92. The van der Waals surface area contributed by atoms with Crippen LogP contribution in [-0.2, 0) is 0 Å². The molecule has 1 atom stereocenters. The van der Waals surface area contributed by atoms with Crippen molar-refractivity contribution < 1.29 is 4.74 Å². The quantitative estimate of drug-likeness (QED) is 0.807. The van der Waals surface area contributed by atoms with Gasteiger partial charge in [0.2, 0.25) is 0 Å². The fraction of sp³-hybridized carbons (Fsp3) is 0.300. The zero-order valence-electron chi connectivity index (χ0n) is 7.87. The Morgan fingerprint density at radius 3 is 2.79 bits per heavy atom. The number of para-hydroxylation sites is 1. The lowest BCUT2D eigenvalue weighted by Crippen LogP contribution is -2.20. The highest BCUT2D eigenvalue weighted by Crippen LogP contribution is 2.24. The molecule has 0 saturated carbocycles. The summed E-state index contributed by atoms with van der Waals surface area (Å²) in [6.07, 6.45) is 0.507. The molecule has 76 valence electrons. The van der Waals surface area contributed by atoms with Crippen molar-refractivity contribution in [1.82, 2.24) is 0 Å². The predicted octanol–water partition coefficient (Wildman–Crippen LogP) is 2.78. The summed E-state index contributed by atoms with van der Waals surface area (Å²) >= 11 is 10.7. The van der Waals surface area contributed by atoms with Gasteiger partial charge in [-0.2, -0.15) is 0 Å². The largest absolute Gasteiger partial charge is 0.489 e. The first-order chi connectivity index (χ1) is 6.59. The standard InChI is InChI=1S/C10H12ClNOS/c1-7(6-10(12)14)13-9-5-3-2-4-8(9)11/h2-5,7H,6H2,1H3,(H2,12,14). The van der Waals surface area contributed by atoms with Crippen molar-refractivity contribution in [1.29, 1.82) is 0 Å². The Kier molecular flexibility index (Phi) is 4.17. The van der Waals surface area contributed by atoms with Crippen molar-refractivity contribution in [3.05, 3.63) is 29.3 Å². The van der Waals surface area contributed by atoms with Crippen molar-refractivity contribution in [3.8, 4) is 5.75 Å². The molecule has 14 heavy (non-hydrogen) atoms. The van der Waals surface area contributed by atoms with E-state index in [-0.39, 0.29) is 6.10 Å². The lowest BCUT2D eigenvalue weighted by atomic mass is 10.3. The van der Waals surface area contributed by atoms with Crippen LogP contribution in [0.25, 0.3) is 0 Å². The lowest BCUT2D eigenvalue weighted by Gasteiger charge is -2.14. The molecule has 0 amide bonds. The van der Waals surface area contributed by atoms with Crippen LogP contribution < -0.4 is 10.5 Å². The Labute approximate surface area is 94.0 Å². The van der Waals surface area contributed by atoms with Gasteiger partial charge in [-0.15, -0.1) is 0 Å². The van der Waals surface area contributed by atoms with Gasteiger partial charge in [-0.05, 0) is 19.1 Å². The first-order valence-electron chi connectivity index (χ1n) is 4.29. The van der Waals surface area contributed by atoms with E-state index in [4.69, 9.17) is 34.3 Å². The van der Waals surface area contributed by atoms with Gasteiger partial charge < -0.3 is 10.5 Å². The third-order valence-corrected chi connectivity index (χ3v) is 2.13. The van der Waals surface area contributed by atoms with Crippen LogP contribution in [0.1, 0.15) is 13.3 Å². The third kappa shape index (κ3) is 3.52. The molecule has 0 bridgehead atoms. The van der Waals surface area contributed by atoms with Gasteiger partial charge >= 0.3 is 0 Å². The van der Waals surface area contributed by atoms with Gasteiger partial charge in [0.15, 0.2) is 0 Å². The Balaban J connectivity index is 2.60. The first-order valence-corrected chi connectivity index (χ1v) is 5.07. The fourth-order valence-electron chi connectivity index (χ4n) is 1.08. The maximum absolute atomic E-state index is 5.92. The van der Waals surface area contributed by atoms with Crippen molar-refractivity contribution in [3.63, 3.8) is 0 Å². The lowest BCUT2D eigenvalue weighted by molar-refractivity contribution is 0.230. The van der Waals surface area contributed by atoms with Crippen molar-refractivity contribution in [2.75, 3.05) is 0 Å².